The summed E-state index contributed by atoms with van der Waals surface area (Å²) < 4.78 is 23.2. The number of rotatable bonds is 10. The lowest BCUT2D eigenvalue weighted by atomic mass is 10.1. The normalized spacial score (nSPS) is 10.6. The Morgan fingerprint density at radius 3 is 2.18 bits per heavy atom. The molecule has 2 aromatic carbocycles. The fourth-order valence-corrected chi connectivity index (χ4v) is 4.82. The Morgan fingerprint density at radius 2 is 1.56 bits per heavy atom. The Balaban J connectivity index is 1.55. The van der Waals surface area contributed by atoms with E-state index in [1.807, 2.05) is 42.7 Å². The average Bonchev–Trinajstić information content (AvgIpc) is 3.59. The molecule has 0 aliphatic rings. The number of esters is 1. The van der Waals surface area contributed by atoms with Gasteiger partial charge in [0.25, 0.3) is 5.91 Å². The second-order valence-corrected chi connectivity index (χ2v) is 9.45. The summed E-state index contributed by atoms with van der Waals surface area (Å²) in [6.07, 6.45) is 0. The van der Waals surface area contributed by atoms with E-state index in [1.54, 1.807) is 30.7 Å². The summed E-state index contributed by atoms with van der Waals surface area (Å²) in [5.41, 5.74) is 3.07. The minimum Gasteiger partial charge on any atom is -0.497 e. The number of methoxy groups -OCH3 is 3. The van der Waals surface area contributed by atoms with E-state index in [-0.39, 0.29) is 22.8 Å². The molecule has 1 N–H and O–H groups in total. The first-order valence-electron chi connectivity index (χ1n) is 11.9. The first kappa shape index (κ1) is 27.5. The third-order valence-corrected chi connectivity index (χ3v) is 7.00. The van der Waals surface area contributed by atoms with Crippen LogP contribution in [-0.4, -0.2) is 50.2 Å². The Labute approximate surface area is 229 Å². The number of aryl methyl sites for hydroxylation is 1. The van der Waals surface area contributed by atoms with Crippen LogP contribution < -0.4 is 19.5 Å². The smallest absolute Gasteiger partial charge is 0.340 e. The number of nitrogens with one attached hydrogen (secondary N) is 1. The lowest BCUT2D eigenvalue weighted by molar-refractivity contribution is 0.0475. The monoisotopic (exact) mass is 548 g/mol. The number of carbonyl (C=O) groups is 3. The fourth-order valence-electron chi connectivity index (χ4n) is 4.20. The summed E-state index contributed by atoms with van der Waals surface area (Å²) in [6.45, 7) is 3.24. The van der Waals surface area contributed by atoms with Gasteiger partial charge in [0, 0.05) is 34.8 Å². The van der Waals surface area contributed by atoms with E-state index in [0.717, 1.165) is 17.1 Å². The van der Waals surface area contributed by atoms with Crippen molar-refractivity contribution in [2.24, 2.45) is 0 Å². The Kier molecular flexibility index (Phi) is 8.36. The highest BCUT2D eigenvalue weighted by Crippen LogP contribution is 2.34. The number of thiophene rings is 1. The van der Waals surface area contributed by atoms with Crippen LogP contribution in [0.1, 0.15) is 41.8 Å². The van der Waals surface area contributed by atoms with Gasteiger partial charge in [-0.15, -0.1) is 11.3 Å². The average molecular weight is 549 g/mol. The van der Waals surface area contributed by atoms with Crippen LogP contribution in [0.25, 0.3) is 5.69 Å². The van der Waals surface area contributed by atoms with Crippen molar-refractivity contribution in [3.63, 3.8) is 0 Å². The number of amides is 1. The molecule has 9 nitrogen and oxygen atoms in total. The molecule has 0 radical (unpaired) electrons. The molecular weight excluding hydrogens is 520 g/mol. The van der Waals surface area contributed by atoms with E-state index in [9.17, 15) is 14.4 Å². The maximum atomic E-state index is 13.1. The third-order valence-electron chi connectivity index (χ3n) is 6.13. The molecule has 0 bridgehead atoms. The second kappa shape index (κ2) is 11.9. The van der Waals surface area contributed by atoms with Gasteiger partial charge in [-0.1, -0.05) is 6.07 Å². The Bertz CT molecular complexity index is 1510. The van der Waals surface area contributed by atoms with Gasteiger partial charge in [0.1, 0.15) is 5.75 Å². The van der Waals surface area contributed by atoms with Crippen LogP contribution in [-0.2, 0) is 4.74 Å². The largest absolute Gasteiger partial charge is 0.497 e. The molecule has 10 heteroatoms. The van der Waals surface area contributed by atoms with Crippen LogP contribution in [0, 0.1) is 13.8 Å². The molecule has 2 heterocycles. The number of carbonyl (C=O) groups excluding carboxylic acids is 3. The first-order valence-corrected chi connectivity index (χ1v) is 12.8. The van der Waals surface area contributed by atoms with Gasteiger partial charge in [-0.05, 0) is 55.6 Å². The van der Waals surface area contributed by atoms with Gasteiger partial charge in [0.15, 0.2) is 18.1 Å². The van der Waals surface area contributed by atoms with Crippen molar-refractivity contribution >= 4 is 34.7 Å². The van der Waals surface area contributed by atoms with Gasteiger partial charge in [0.2, 0.25) is 5.78 Å². The zero-order valence-electron chi connectivity index (χ0n) is 22.2. The number of hydrogen-bond acceptors (Lipinski definition) is 8. The molecule has 0 unspecified atom stereocenters. The molecule has 0 fully saturated rings. The zero-order chi connectivity index (χ0) is 28.1. The molecular formula is C29H28N2O7S. The molecule has 0 aliphatic carbocycles. The third kappa shape index (κ3) is 5.80. The maximum Gasteiger partial charge on any atom is 0.340 e. The lowest BCUT2D eigenvalue weighted by Crippen LogP contribution is -2.18. The van der Waals surface area contributed by atoms with E-state index in [2.05, 4.69) is 5.32 Å². The molecule has 2 aromatic heterocycles. The topological polar surface area (TPSA) is 105 Å². The van der Waals surface area contributed by atoms with Gasteiger partial charge in [0.05, 0.1) is 37.5 Å². The second-order valence-electron chi connectivity index (χ2n) is 8.50. The summed E-state index contributed by atoms with van der Waals surface area (Å²) in [7, 11) is 4.47. The molecule has 4 aromatic rings. The van der Waals surface area contributed by atoms with Gasteiger partial charge in [-0.2, -0.15) is 0 Å². The van der Waals surface area contributed by atoms with E-state index < -0.39 is 18.5 Å². The summed E-state index contributed by atoms with van der Waals surface area (Å²) in [6, 6.07) is 15.5. The van der Waals surface area contributed by atoms with Gasteiger partial charge >= 0.3 is 5.97 Å². The van der Waals surface area contributed by atoms with Gasteiger partial charge in [-0.25, -0.2) is 4.79 Å². The molecule has 202 valence electrons. The quantitative estimate of drug-likeness (QED) is 0.207. The van der Waals surface area contributed by atoms with Crippen LogP contribution in [0.5, 0.6) is 17.2 Å². The summed E-state index contributed by atoms with van der Waals surface area (Å²) in [5.74, 6) is -0.236. The minimum absolute atomic E-state index is 0.0223. The number of anilines is 1. The van der Waals surface area contributed by atoms with Crippen molar-refractivity contribution in [1.82, 2.24) is 4.57 Å². The maximum absolute atomic E-state index is 13.1. The van der Waals surface area contributed by atoms with Crippen molar-refractivity contribution in [3.8, 4) is 22.9 Å². The van der Waals surface area contributed by atoms with Gasteiger partial charge in [-0.3, -0.25) is 9.59 Å². The Morgan fingerprint density at radius 1 is 0.872 bits per heavy atom. The molecule has 0 saturated heterocycles. The zero-order valence-corrected chi connectivity index (χ0v) is 23.0. The molecule has 4 rings (SSSR count). The van der Waals surface area contributed by atoms with Crippen molar-refractivity contribution in [2.75, 3.05) is 33.3 Å². The standard InChI is InChI=1S/C29H28N2O7S/c1-17-13-21(18(2)31(17)19-8-10-20(35-3)11-9-19)24(32)16-38-29(34)22-14-25(36-4)26(37-5)15-23(22)30-28(33)27-7-6-12-39-27/h6-15H,16H2,1-5H3,(H,30,33). The first-order chi connectivity index (χ1) is 18.8. The van der Waals surface area contributed by atoms with E-state index in [1.165, 1.54) is 37.7 Å². The molecule has 0 aliphatic heterocycles. The summed E-state index contributed by atoms with van der Waals surface area (Å²) >= 11 is 1.26. The number of benzene rings is 2. The number of ether oxygens (including phenoxy) is 4. The highest BCUT2D eigenvalue weighted by Gasteiger charge is 2.23. The van der Waals surface area contributed by atoms with E-state index in [4.69, 9.17) is 18.9 Å². The van der Waals surface area contributed by atoms with Gasteiger partial charge < -0.3 is 28.8 Å². The predicted molar refractivity (Wildman–Crippen MR) is 148 cm³/mol. The molecule has 39 heavy (non-hydrogen) atoms. The van der Waals surface area contributed by atoms with Crippen LogP contribution in [0.15, 0.2) is 60.0 Å². The van der Waals surface area contributed by atoms with Crippen molar-refractivity contribution < 1.29 is 33.3 Å². The number of aromatic nitrogens is 1. The minimum atomic E-state index is -0.797. The van der Waals surface area contributed by atoms with Crippen molar-refractivity contribution in [2.45, 2.75) is 13.8 Å². The van der Waals surface area contributed by atoms with E-state index in [0.29, 0.717) is 21.9 Å². The summed E-state index contributed by atoms with van der Waals surface area (Å²) in [4.78, 5) is 39.4. The SMILES string of the molecule is COc1ccc(-n2c(C)cc(C(=O)COC(=O)c3cc(OC)c(OC)cc3NC(=O)c3cccs3)c2C)cc1. The number of hydrogen-bond donors (Lipinski definition) is 1. The van der Waals surface area contributed by atoms with Crippen LogP contribution >= 0.6 is 11.3 Å². The van der Waals surface area contributed by atoms with Crippen molar-refractivity contribution in [1.29, 1.82) is 0 Å². The highest BCUT2D eigenvalue weighted by atomic mass is 32.1. The van der Waals surface area contributed by atoms with Crippen LogP contribution in [0.2, 0.25) is 0 Å². The highest BCUT2D eigenvalue weighted by molar-refractivity contribution is 7.12. The van der Waals surface area contributed by atoms with Crippen LogP contribution in [0.3, 0.4) is 0 Å². The van der Waals surface area contributed by atoms with E-state index >= 15 is 0 Å². The molecule has 1 amide bonds. The summed E-state index contributed by atoms with van der Waals surface area (Å²) in [5, 5.41) is 4.50. The molecule has 0 saturated carbocycles. The molecule has 0 atom stereocenters. The number of nitrogens with zero attached hydrogens (tertiary/aromatic N) is 1. The molecule has 0 spiro atoms. The van der Waals surface area contributed by atoms with Crippen LogP contribution in [0.4, 0.5) is 5.69 Å². The predicted octanol–water partition coefficient (Wildman–Crippen LogP) is 5.47. The van der Waals surface area contributed by atoms with Crippen molar-refractivity contribution in [3.05, 3.63) is 87.4 Å². The number of ketones is 1. The fraction of sp³-hybridized carbons (Fsp3) is 0.207. The number of Topliss-reactive ketones (excluding diaryl/α,β-unsaturated/α-hetero) is 1. The lowest BCUT2D eigenvalue weighted by Gasteiger charge is -2.15. The Hall–Kier alpha value is -4.57.